The van der Waals surface area contributed by atoms with E-state index in [1.165, 1.54) is 12.3 Å². The first-order valence-corrected chi connectivity index (χ1v) is 7.13. The molecule has 0 aliphatic heterocycles. The fraction of sp³-hybridized carbons (Fsp3) is 0.0588. The van der Waals surface area contributed by atoms with E-state index in [1.54, 1.807) is 6.20 Å². The van der Waals surface area contributed by atoms with Gasteiger partial charge >= 0.3 is 6.18 Å². The van der Waals surface area contributed by atoms with E-state index in [1.807, 2.05) is 42.5 Å². The first kappa shape index (κ1) is 22.2. The molecule has 0 saturated carbocycles. The molecule has 0 fully saturated rings. The Morgan fingerprint density at radius 3 is 2.30 bits per heavy atom. The number of pyridine rings is 1. The van der Waals surface area contributed by atoms with Crippen LogP contribution in [0.4, 0.5) is 18.0 Å². The van der Waals surface area contributed by atoms with Gasteiger partial charge in [0.1, 0.15) is 0 Å². The molecule has 0 unspecified atom stereocenters. The second-order valence-electron chi connectivity index (χ2n) is 4.64. The molecule has 27 heavy (non-hydrogen) atoms. The maximum absolute atomic E-state index is 11.6. The summed E-state index contributed by atoms with van der Waals surface area (Å²) in [7, 11) is 0. The van der Waals surface area contributed by atoms with Crippen molar-refractivity contribution >= 4 is 11.9 Å². The van der Waals surface area contributed by atoms with Crippen molar-refractivity contribution in [2.75, 3.05) is 0 Å². The molecule has 2 heterocycles. The molecule has 3 aromatic rings. The SMILES string of the molecule is O=C([N-]C(=O)C(F)(F)F)n1cccn1.[Ir].[c-]1ccccc1-c1ccccn1. The first-order valence-electron chi connectivity index (χ1n) is 7.13. The molecule has 2 amide bonds. The molecule has 0 aliphatic rings. The van der Waals surface area contributed by atoms with Crippen molar-refractivity contribution < 1.29 is 42.9 Å². The van der Waals surface area contributed by atoms with Crippen LogP contribution in [0.25, 0.3) is 16.6 Å². The molecule has 1 aromatic carbocycles. The summed E-state index contributed by atoms with van der Waals surface area (Å²) in [5.74, 6) is -2.45. The van der Waals surface area contributed by atoms with E-state index in [4.69, 9.17) is 0 Å². The molecule has 1 radical (unpaired) electrons. The Bertz CT molecular complexity index is 804. The van der Waals surface area contributed by atoms with Gasteiger partial charge in [0, 0.05) is 32.5 Å². The van der Waals surface area contributed by atoms with E-state index in [0.29, 0.717) is 4.68 Å². The van der Waals surface area contributed by atoms with Gasteiger partial charge in [-0.05, 0) is 17.8 Å². The van der Waals surface area contributed by atoms with Gasteiger partial charge in [0.2, 0.25) is 0 Å². The van der Waals surface area contributed by atoms with Crippen LogP contribution in [0.15, 0.2) is 67.1 Å². The molecular weight excluding hydrogens is 541 g/mol. The molecule has 0 aliphatic carbocycles. The van der Waals surface area contributed by atoms with Crippen LogP contribution in [-0.4, -0.2) is 32.9 Å². The molecule has 3 rings (SSSR count). The average molecular weight is 553 g/mol. The average Bonchev–Trinajstić information content (AvgIpc) is 3.18. The molecular formula is C17H11F3IrN4O2-2. The van der Waals surface area contributed by atoms with Crippen LogP contribution in [-0.2, 0) is 24.9 Å². The predicted molar refractivity (Wildman–Crippen MR) is 86.0 cm³/mol. The van der Waals surface area contributed by atoms with E-state index >= 15 is 0 Å². The Morgan fingerprint density at radius 1 is 1.04 bits per heavy atom. The van der Waals surface area contributed by atoms with Gasteiger partial charge in [-0.2, -0.15) is 13.2 Å². The van der Waals surface area contributed by atoms with E-state index in [0.717, 1.165) is 17.5 Å². The molecule has 143 valence electrons. The number of halogens is 3. The minimum absolute atomic E-state index is 0. The Labute approximate surface area is 165 Å². The number of aromatic nitrogens is 3. The zero-order valence-corrected chi connectivity index (χ0v) is 15.8. The Kier molecular flexibility index (Phi) is 8.50. The molecule has 6 nitrogen and oxygen atoms in total. The molecule has 0 bridgehead atoms. The maximum atomic E-state index is 11.6. The Hall–Kier alpha value is -2.84. The quantitative estimate of drug-likeness (QED) is 0.430. The largest absolute Gasteiger partial charge is 0.450 e. The number of carbonyl (C=O) groups excluding carboxylic acids is 2. The summed E-state index contributed by atoms with van der Waals surface area (Å²) in [4.78, 5) is 25.2. The van der Waals surface area contributed by atoms with Crippen molar-refractivity contribution in [1.29, 1.82) is 0 Å². The van der Waals surface area contributed by atoms with E-state index < -0.39 is 18.1 Å². The minimum atomic E-state index is -5.14. The monoisotopic (exact) mass is 553 g/mol. The van der Waals surface area contributed by atoms with Gasteiger partial charge in [0.15, 0.2) is 6.03 Å². The number of amides is 2. The van der Waals surface area contributed by atoms with Crippen molar-refractivity contribution in [3.05, 3.63) is 78.5 Å². The molecule has 0 saturated heterocycles. The summed E-state index contributed by atoms with van der Waals surface area (Å²) in [5.41, 5.74) is 2.01. The maximum Gasteiger partial charge on any atom is 0.450 e. The third-order valence-electron chi connectivity index (χ3n) is 2.79. The summed E-state index contributed by atoms with van der Waals surface area (Å²) in [6.45, 7) is 0. The number of rotatable bonds is 1. The van der Waals surface area contributed by atoms with Crippen LogP contribution in [0.3, 0.4) is 0 Å². The number of benzene rings is 1. The normalized spacial score (nSPS) is 10.0. The van der Waals surface area contributed by atoms with E-state index in [9.17, 15) is 22.8 Å². The molecule has 10 heteroatoms. The number of alkyl halides is 3. The summed E-state index contributed by atoms with van der Waals surface area (Å²) in [6.07, 6.45) is -1.10. The van der Waals surface area contributed by atoms with E-state index in [2.05, 4.69) is 21.5 Å². The summed E-state index contributed by atoms with van der Waals surface area (Å²) >= 11 is 0. The number of hydrogen-bond donors (Lipinski definition) is 0. The van der Waals surface area contributed by atoms with Gasteiger partial charge in [0.25, 0.3) is 5.91 Å². The molecule has 0 atom stereocenters. The second-order valence-corrected chi connectivity index (χ2v) is 4.64. The topological polar surface area (TPSA) is 79.0 Å². The zero-order valence-electron chi connectivity index (χ0n) is 13.4. The number of carbonyl (C=O) groups is 2. The van der Waals surface area contributed by atoms with Crippen molar-refractivity contribution in [3.8, 4) is 11.3 Å². The minimum Gasteiger partial charge on any atom is -0.360 e. The van der Waals surface area contributed by atoms with Crippen molar-refractivity contribution in [3.63, 3.8) is 0 Å². The smallest absolute Gasteiger partial charge is 0.360 e. The molecule has 0 N–H and O–H groups in total. The zero-order chi connectivity index (χ0) is 19.0. The number of hydrogen-bond acceptors (Lipinski definition) is 4. The fourth-order valence-electron chi connectivity index (χ4n) is 1.66. The third-order valence-corrected chi connectivity index (χ3v) is 2.79. The van der Waals surface area contributed by atoms with Crippen LogP contribution in [0.5, 0.6) is 0 Å². The third kappa shape index (κ3) is 7.12. The van der Waals surface area contributed by atoms with Gasteiger partial charge in [-0.15, -0.1) is 35.9 Å². The van der Waals surface area contributed by atoms with Gasteiger partial charge in [-0.1, -0.05) is 18.3 Å². The fourth-order valence-corrected chi connectivity index (χ4v) is 1.66. The van der Waals surface area contributed by atoms with Crippen molar-refractivity contribution in [2.24, 2.45) is 0 Å². The Balaban J connectivity index is 0.000000262. The Morgan fingerprint density at radius 2 is 1.78 bits per heavy atom. The summed E-state index contributed by atoms with van der Waals surface area (Å²) in [6, 6.07) is 16.8. The molecule has 0 spiro atoms. The predicted octanol–water partition coefficient (Wildman–Crippen LogP) is 3.86. The van der Waals surface area contributed by atoms with Gasteiger partial charge in [-0.25, -0.2) is 0 Å². The van der Waals surface area contributed by atoms with Gasteiger partial charge < -0.3 is 15.0 Å². The van der Waals surface area contributed by atoms with Gasteiger partial charge in [-0.3, -0.25) is 14.7 Å². The first-order chi connectivity index (χ1) is 12.4. The van der Waals surface area contributed by atoms with Crippen LogP contribution < -0.4 is 0 Å². The standard InChI is InChI=1S/C11H8N.C6H4F3N3O2.Ir/c1-2-6-10(7-3-1)11-8-4-5-9-12-11;7-6(8,9)4(13)11-5(14)12-3-1-2-10-12;/h1-6,8-9H;1-3H,(H,11,13,14);/q-1;;/p-1. The van der Waals surface area contributed by atoms with Crippen molar-refractivity contribution in [2.45, 2.75) is 6.18 Å². The second kappa shape index (κ2) is 10.3. The van der Waals surface area contributed by atoms with E-state index in [-0.39, 0.29) is 20.1 Å². The summed E-state index contributed by atoms with van der Waals surface area (Å²) < 4.78 is 35.4. The van der Waals surface area contributed by atoms with Crippen molar-refractivity contribution in [1.82, 2.24) is 14.8 Å². The number of imide groups is 1. The molecule has 2 aromatic heterocycles. The number of nitrogens with zero attached hydrogens (tertiary/aromatic N) is 4. The van der Waals surface area contributed by atoms with Crippen LogP contribution in [0.1, 0.15) is 0 Å². The van der Waals surface area contributed by atoms with Crippen LogP contribution >= 0.6 is 0 Å². The van der Waals surface area contributed by atoms with Crippen LogP contribution in [0.2, 0.25) is 0 Å². The van der Waals surface area contributed by atoms with Crippen LogP contribution in [0, 0.1) is 6.07 Å². The summed E-state index contributed by atoms with van der Waals surface area (Å²) in [5, 5.41) is 5.59. The van der Waals surface area contributed by atoms with Gasteiger partial charge in [0.05, 0.1) is 0 Å².